The van der Waals surface area contributed by atoms with Crippen molar-refractivity contribution in [3.8, 4) is 11.5 Å². The first-order valence-corrected chi connectivity index (χ1v) is 12.1. The van der Waals surface area contributed by atoms with E-state index in [1.807, 2.05) is 0 Å². The van der Waals surface area contributed by atoms with E-state index in [4.69, 9.17) is 25.8 Å². The number of nitrogens with zero attached hydrogens (tertiary/aromatic N) is 2. The van der Waals surface area contributed by atoms with Crippen molar-refractivity contribution in [1.29, 1.82) is 0 Å². The number of likely N-dealkylation sites (tertiary alicyclic amines) is 1. The number of morpholine rings is 1. The maximum Gasteiger partial charge on any atom is 0.295 e. The Kier molecular flexibility index (Phi) is 6.95. The molecule has 0 saturated carbocycles. The van der Waals surface area contributed by atoms with Crippen LogP contribution < -0.4 is 9.47 Å². The van der Waals surface area contributed by atoms with Crippen LogP contribution in [0.25, 0.3) is 5.76 Å². The van der Waals surface area contributed by atoms with Crippen LogP contribution in [-0.2, 0) is 14.3 Å². The number of Topliss-reactive ketones (excluding diaryl/α,β-unsaturated/α-hetero) is 1. The zero-order valence-electron chi connectivity index (χ0n) is 19.2. The van der Waals surface area contributed by atoms with Crippen LogP contribution in [0.3, 0.4) is 0 Å². The fourth-order valence-electron chi connectivity index (χ4n) is 4.74. The van der Waals surface area contributed by atoms with E-state index in [0.717, 1.165) is 19.6 Å². The van der Waals surface area contributed by atoms with Gasteiger partial charge in [0.2, 0.25) is 0 Å². The number of fused-ring (bicyclic) bond motifs is 1. The molecule has 0 bridgehead atoms. The van der Waals surface area contributed by atoms with Crippen molar-refractivity contribution >= 4 is 29.1 Å². The fourth-order valence-corrected chi connectivity index (χ4v) is 4.86. The van der Waals surface area contributed by atoms with Crippen LogP contribution >= 0.6 is 11.6 Å². The van der Waals surface area contributed by atoms with E-state index in [2.05, 4.69) is 4.90 Å². The summed E-state index contributed by atoms with van der Waals surface area (Å²) < 4.78 is 16.6. The molecule has 0 radical (unpaired) electrons. The molecule has 2 saturated heterocycles. The molecule has 35 heavy (non-hydrogen) atoms. The molecule has 8 nitrogen and oxygen atoms in total. The van der Waals surface area contributed by atoms with Crippen LogP contribution in [0.15, 0.2) is 48.0 Å². The summed E-state index contributed by atoms with van der Waals surface area (Å²) in [5.74, 6) is -0.501. The van der Waals surface area contributed by atoms with Gasteiger partial charge in [-0.05, 0) is 42.3 Å². The minimum atomic E-state index is -0.717. The number of rotatable bonds is 6. The van der Waals surface area contributed by atoms with Gasteiger partial charge in [-0.3, -0.25) is 14.5 Å². The summed E-state index contributed by atoms with van der Waals surface area (Å²) >= 11 is 6.09. The van der Waals surface area contributed by atoms with E-state index in [0.29, 0.717) is 67.0 Å². The van der Waals surface area contributed by atoms with Crippen molar-refractivity contribution < 1.29 is 28.9 Å². The zero-order chi connectivity index (χ0) is 24.4. The molecule has 3 aliphatic heterocycles. The second kappa shape index (κ2) is 10.3. The minimum Gasteiger partial charge on any atom is -0.507 e. The highest BCUT2D eigenvalue weighted by molar-refractivity contribution is 6.46. The van der Waals surface area contributed by atoms with Crippen LogP contribution in [0.5, 0.6) is 11.5 Å². The van der Waals surface area contributed by atoms with E-state index in [1.54, 1.807) is 47.4 Å². The number of carbonyl (C=O) groups excluding carboxylic acids is 2. The number of ether oxygens (including phenoxy) is 3. The van der Waals surface area contributed by atoms with Crippen LogP contribution in [-0.4, -0.2) is 79.2 Å². The Morgan fingerprint density at radius 2 is 1.66 bits per heavy atom. The summed E-state index contributed by atoms with van der Waals surface area (Å²) in [7, 11) is 0. The highest BCUT2D eigenvalue weighted by atomic mass is 35.5. The van der Waals surface area contributed by atoms with Gasteiger partial charge in [-0.1, -0.05) is 23.7 Å². The van der Waals surface area contributed by atoms with Crippen LogP contribution in [0.4, 0.5) is 0 Å². The number of benzene rings is 2. The molecule has 0 spiro atoms. The van der Waals surface area contributed by atoms with Crippen LogP contribution in [0, 0.1) is 0 Å². The second-order valence-electron chi connectivity index (χ2n) is 8.71. The van der Waals surface area contributed by atoms with E-state index >= 15 is 0 Å². The molecule has 2 fully saturated rings. The summed E-state index contributed by atoms with van der Waals surface area (Å²) in [6.45, 7) is 5.12. The number of ketones is 1. The van der Waals surface area contributed by atoms with E-state index in [9.17, 15) is 14.7 Å². The molecule has 3 aliphatic rings. The third kappa shape index (κ3) is 4.87. The number of amides is 1. The average Bonchev–Trinajstić information content (AvgIpc) is 3.14. The molecule has 2 aromatic carbocycles. The average molecular weight is 499 g/mol. The fraction of sp³-hybridized carbons (Fsp3) is 0.385. The van der Waals surface area contributed by atoms with Crippen molar-refractivity contribution in [2.45, 2.75) is 12.5 Å². The first-order chi connectivity index (χ1) is 17.0. The number of hydrogen-bond acceptors (Lipinski definition) is 7. The summed E-state index contributed by atoms with van der Waals surface area (Å²) in [5.41, 5.74) is 1.15. The highest BCUT2D eigenvalue weighted by Crippen LogP contribution is 2.41. The molecule has 1 N–H and O–H groups in total. The first-order valence-electron chi connectivity index (χ1n) is 11.8. The topological polar surface area (TPSA) is 88.5 Å². The molecule has 1 unspecified atom stereocenters. The lowest BCUT2D eigenvalue weighted by molar-refractivity contribution is -0.140. The molecule has 0 aliphatic carbocycles. The third-order valence-corrected chi connectivity index (χ3v) is 6.77. The number of carbonyl (C=O) groups is 2. The Morgan fingerprint density at radius 3 is 2.40 bits per heavy atom. The smallest absolute Gasteiger partial charge is 0.295 e. The summed E-state index contributed by atoms with van der Waals surface area (Å²) in [6, 6.07) is 11.3. The molecular weight excluding hydrogens is 472 g/mol. The molecule has 0 aromatic heterocycles. The SMILES string of the molecule is O=C1C(=O)N(CCCN2CCOCC2)C(c2ccc(Cl)cc2)C1=C(O)c1ccc2c(c1)OCCO2. The predicted octanol–water partition coefficient (Wildman–Crippen LogP) is 3.26. The third-order valence-electron chi connectivity index (χ3n) is 6.52. The van der Waals surface area contributed by atoms with Gasteiger partial charge >= 0.3 is 0 Å². The normalized spacial score (nSPS) is 22.0. The molecule has 1 atom stereocenters. The zero-order valence-corrected chi connectivity index (χ0v) is 20.0. The Labute approximate surface area is 208 Å². The molecule has 3 heterocycles. The van der Waals surface area contributed by atoms with Crippen molar-refractivity contribution in [3.05, 3.63) is 64.2 Å². The van der Waals surface area contributed by atoms with Gasteiger partial charge in [0.15, 0.2) is 11.5 Å². The Hall–Kier alpha value is -3.07. The largest absolute Gasteiger partial charge is 0.507 e. The number of hydrogen-bond donors (Lipinski definition) is 1. The number of aliphatic hydroxyl groups is 1. The van der Waals surface area contributed by atoms with Crippen molar-refractivity contribution in [1.82, 2.24) is 9.80 Å². The van der Waals surface area contributed by atoms with Gasteiger partial charge in [0, 0.05) is 36.8 Å². The molecular formula is C26H27ClN2O6. The molecule has 5 rings (SSSR count). The van der Waals surface area contributed by atoms with E-state index < -0.39 is 17.7 Å². The molecule has 184 valence electrons. The van der Waals surface area contributed by atoms with Crippen LogP contribution in [0.1, 0.15) is 23.6 Å². The van der Waals surface area contributed by atoms with Gasteiger partial charge in [0.05, 0.1) is 24.8 Å². The Bertz CT molecular complexity index is 1140. The monoisotopic (exact) mass is 498 g/mol. The van der Waals surface area contributed by atoms with Crippen molar-refractivity contribution in [2.75, 3.05) is 52.6 Å². The molecule has 9 heteroatoms. The van der Waals surface area contributed by atoms with Gasteiger partial charge in [0.25, 0.3) is 11.7 Å². The summed E-state index contributed by atoms with van der Waals surface area (Å²) in [5, 5.41) is 11.8. The lowest BCUT2D eigenvalue weighted by Crippen LogP contribution is -2.38. The van der Waals surface area contributed by atoms with Gasteiger partial charge in [-0.2, -0.15) is 0 Å². The first kappa shape index (κ1) is 23.7. The number of aliphatic hydroxyl groups excluding tert-OH is 1. The lowest BCUT2D eigenvalue weighted by Gasteiger charge is -2.29. The standard InChI is InChI=1S/C26H27ClN2O6/c27-19-5-2-17(3-6-19)23-22(24(30)18-4-7-20-21(16-18)35-15-14-34-20)25(31)26(32)29(23)9-1-8-28-10-12-33-13-11-28/h2-7,16,23,30H,1,8-15H2. The molecule has 1 amide bonds. The summed E-state index contributed by atoms with van der Waals surface area (Å²) in [6.07, 6.45) is 0.696. The minimum absolute atomic E-state index is 0.0559. The van der Waals surface area contributed by atoms with Gasteiger partial charge < -0.3 is 24.2 Å². The Morgan fingerprint density at radius 1 is 0.943 bits per heavy atom. The van der Waals surface area contributed by atoms with Gasteiger partial charge in [-0.15, -0.1) is 0 Å². The van der Waals surface area contributed by atoms with Crippen molar-refractivity contribution in [3.63, 3.8) is 0 Å². The maximum absolute atomic E-state index is 13.2. The van der Waals surface area contributed by atoms with Crippen molar-refractivity contribution in [2.24, 2.45) is 0 Å². The second-order valence-corrected chi connectivity index (χ2v) is 9.15. The van der Waals surface area contributed by atoms with Crippen LogP contribution in [0.2, 0.25) is 5.02 Å². The quantitative estimate of drug-likeness (QED) is 0.371. The van der Waals surface area contributed by atoms with E-state index in [-0.39, 0.29) is 11.3 Å². The van der Waals surface area contributed by atoms with Gasteiger partial charge in [-0.25, -0.2) is 0 Å². The van der Waals surface area contributed by atoms with E-state index in [1.165, 1.54) is 0 Å². The lowest BCUT2D eigenvalue weighted by atomic mass is 9.95. The predicted molar refractivity (Wildman–Crippen MR) is 130 cm³/mol. The maximum atomic E-state index is 13.2. The number of halogens is 1. The highest BCUT2D eigenvalue weighted by Gasteiger charge is 2.45. The summed E-state index contributed by atoms with van der Waals surface area (Å²) in [4.78, 5) is 30.2. The van der Waals surface area contributed by atoms with Gasteiger partial charge in [0.1, 0.15) is 19.0 Å². The Balaban J connectivity index is 1.48. The molecule has 2 aromatic rings.